The van der Waals surface area contributed by atoms with Crippen LogP contribution < -0.4 is 0 Å². The molecule has 1 saturated carbocycles. The first-order valence-electron chi connectivity index (χ1n) is 6.22. The quantitative estimate of drug-likeness (QED) is 0.335. The van der Waals surface area contributed by atoms with E-state index in [2.05, 4.69) is 6.58 Å². The standard InChI is InChI=1S/C13H22O4/c1-11(2)12(14)16-9-6-10-17-13(15)7-4-3-5-8-13/h15H,1,3-10H2,2H3. The molecule has 17 heavy (non-hydrogen) atoms. The second-order valence-electron chi connectivity index (χ2n) is 4.63. The van der Waals surface area contributed by atoms with Crippen molar-refractivity contribution in [3.63, 3.8) is 0 Å². The predicted octanol–water partition coefficient (Wildman–Crippen LogP) is 2.17. The second kappa shape index (κ2) is 6.77. The van der Waals surface area contributed by atoms with Crippen LogP contribution >= 0.6 is 0 Å². The monoisotopic (exact) mass is 242 g/mol. The molecule has 1 aliphatic carbocycles. The van der Waals surface area contributed by atoms with Crippen molar-refractivity contribution in [1.82, 2.24) is 0 Å². The van der Waals surface area contributed by atoms with Gasteiger partial charge in [0.05, 0.1) is 13.2 Å². The Balaban J connectivity index is 2.07. The zero-order valence-electron chi connectivity index (χ0n) is 10.5. The molecule has 0 bridgehead atoms. The van der Waals surface area contributed by atoms with Gasteiger partial charge in [-0.1, -0.05) is 13.0 Å². The third kappa shape index (κ3) is 5.33. The maximum Gasteiger partial charge on any atom is 0.333 e. The molecule has 0 atom stereocenters. The molecule has 0 aromatic heterocycles. The van der Waals surface area contributed by atoms with Crippen molar-refractivity contribution in [3.8, 4) is 0 Å². The van der Waals surface area contributed by atoms with Gasteiger partial charge in [0.1, 0.15) is 0 Å². The number of aliphatic hydroxyl groups is 1. The molecule has 4 heteroatoms. The summed E-state index contributed by atoms with van der Waals surface area (Å²) in [7, 11) is 0. The predicted molar refractivity (Wildman–Crippen MR) is 64.4 cm³/mol. The Morgan fingerprint density at radius 2 is 1.94 bits per heavy atom. The Kier molecular flexibility index (Phi) is 5.65. The number of hydrogen-bond donors (Lipinski definition) is 1. The van der Waals surface area contributed by atoms with Gasteiger partial charge in [0.25, 0.3) is 0 Å². The van der Waals surface area contributed by atoms with Gasteiger partial charge in [0.15, 0.2) is 5.79 Å². The summed E-state index contributed by atoms with van der Waals surface area (Å²) >= 11 is 0. The van der Waals surface area contributed by atoms with Gasteiger partial charge < -0.3 is 14.6 Å². The van der Waals surface area contributed by atoms with E-state index in [1.807, 2.05) is 0 Å². The summed E-state index contributed by atoms with van der Waals surface area (Å²) in [5.74, 6) is -1.32. The molecule has 0 radical (unpaired) electrons. The number of carbonyl (C=O) groups is 1. The highest BCUT2D eigenvalue weighted by Crippen LogP contribution is 2.28. The molecule has 98 valence electrons. The first-order valence-corrected chi connectivity index (χ1v) is 6.22. The highest BCUT2D eigenvalue weighted by molar-refractivity contribution is 5.86. The molecule has 4 nitrogen and oxygen atoms in total. The molecule has 0 saturated heterocycles. The van der Waals surface area contributed by atoms with Crippen molar-refractivity contribution >= 4 is 5.97 Å². The highest BCUT2D eigenvalue weighted by atomic mass is 16.6. The molecular weight excluding hydrogens is 220 g/mol. The van der Waals surface area contributed by atoms with Crippen LogP contribution in [0.4, 0.5) is 0 Å². The molecule has 0 aromatic rings. The van der Waals surface area contributed by atoms with Gasteiger partial charge >= 0.3 is 5.97 Å². The third-order valence-corrected chi connectivity index (χ3v) is 2.88. The van der Waals surface area contributed by atoms with Gasteiger partial charge in [-0.15, -0.1) is 0 Å². The second-order valence-corrected chi connectivity index (χ2v) is 4.63. The van der Waals surface area contributed by atoms with Crippen molar-refractivity contribution in [2.75, 3.05) is 13.2 Å². The van der Waals surface area contributed by atoms with Gasteiger partial charge in [-0.25, -0.2) is 4.79 Å². The minimum absolute atomic E-state index is 0.307. The summed E-state index contributed by atoms with van der Waals surface area (Å²) in [6.45, 7) is 5.83. The molecule has 0 heterocycles. The summed E-state index contributed by atoms with van der Waals surface area (Å²) in [5, 5.41) is 10.0. The molecule has 0 unspecified atom stereocenters. The smallest absolute Gasteiger partial charge is 0.333 e. The topological polar surface area (TPSA) is 55.8 Å². The summed E-state index contributed by atoms with van der Waals surface area (Å²) in [5.41, 5.74) is 0.400. The molecular formula is C13H22O4. The Morgan fingerprint density at radius 1 is 1.29 bits per heavy atom. The molecule has 1 aliphatic rings. The van der Waals surface area contributed by atoms with Crippen LogP contribution in [0.3, 0.4) is 0 Å². The molecule has 1 N–H and O–H groups in total. The first-order chi connectivity index (χ1) is 8.03. The normalized spacial score (nSPS) is 18.7. The fraction of sp³-hybridized carbons (Fsp3) is 0.769. The van der Waals surface area contributed by atoms with E-state index >= 15 is 0 Å². The van der Waals surface area contributed by atoms with E-state index < -0.39 is 5.79 Å². The van der Waals surface area contributed by atoms with Gasteiger partial charge in [0, 0.05) is 24.8 Å². The fourth-order valence-electron chi connectivity index (χ4n) is 1.86. The molecule has 0 aromatic carbocycles. The summed E-state index contributed by atoms with van der Waals surface area (Å²) in [6.07, 6.45) is 5.21. The Labute approximate surface area is 103 Å². The molecule has 0 spiro atoms. The van der Waals surface area contributed by atoms with E-state index in [0.29, 0.717) is 38.0 Å². The number of hydrogen-bond acceptors (Lipinski definition) is 4. The summed E-state index contributed by atoms with van der Waals surface area (Å²) < 4.78 is 10.4. The van der Waals surface area contributed by atoms with Gasteiger partial charge in [-0.2, -0.15) is 0 Å². The minimum atomic E-state index is -0.948. The van der Waals surface area contributed by atoms with Crippen LogP contribution in [0.1, 0.15) is 45.4 Å². The van der Waals surface area contributed by atoms with Crippen molar-refractivity contribution in [3.05, 3.63) is 12.2 Å². The Bertz CT molecular complexity index is 267. The number of ether oxygens (including phenoxy) is 2. The Morgan fingerprint density at radius 3 is 2.53 bits per heavy atom. The van der Waals surface area contributed by atoms with Crippen LogP contribution in [-0.4, -0.2) is 30.1 Å². The van der Waals surface area contributed by atoms with E-state index in [-0.39, 0.29) is 5.97 Å². The molecule has 0 aliphatic heterocycles. The largest absolute Gasteiger partial charge is 0.462 e. The number of rotatable bonds is 6. The van der Waals surface area contributed by atoms with Crippen molar-refractivity contribution < 1.29 is 19.4 Å². The zero-order valence-corrected chi connectivity index (χ0v) is 10.5. The summed E-state index contributed by atoms with van der Waals surface area (Å²) in [4.78, 5) is 11.1. The lowest BCUT2D eigenvalue weighted by Crippen LogP contribution is -2.35. The fourth-order valence-corrected chi connectivity index (χ4v) is 1.86. The number of carbonyl (C=O) groups excluding carboxylic acids is 1. The molecule has 1 fully saturated rings. The first kappa shape index (κ1) is 14.2. The van der Waals surface area contributed by atoms with E-state index in [9.17, 15) is 9.90 Å². The summed E-state index contributed by atoms with van der Waals surface area (Å²) in [6, 6.07) is 0. The zero-order chi connectivity index (χ0) is 12.7. The Hall–Kier alpha value is -0.870. The molecule has 0 amide bonds. The minimum Gasteiger partial charge on any atom is -0.462 e. The van der Waals surface area contributed by atoms with Crippen LogP contribution in [0, 0.1) is 0 Å². The SMILES string of the molecule is C=C(C)C(=O)OCCCOC1(O)CCCCC1. The highest BCUT2D eigenvalue weighted by Gasteiger charge is 2.29. The maximum absolute atomic E-state index is 11.1. The van der Waals surface area contributed by atoms with Crippen molar-refractivity contribution in [2.45, 2.75) is 51.2 Å². The lowest BCUT2D eigenvalue weighted by atomic mass is 9.94. The van der Waals surface area contributed by atoms with Crippen LogP contribution in [0.5, 0.6) is 0 Å². The van der Waals surface area contributed by atoms with E-state index in [0.717, 1.165) is 12.8 Å². The lowest BCUT2D eigenvalue weighted by molar-refractivity contribution is -0.221. The number of esters is 1. The van der Waals surface area contributed by atoms with E-state index in [1.165, 1.54) is 6.42 Å². The van der Waals surface area contributed by atoms with Crippen molar-refractivity contribution in [1.29, 1.82) is 0 Å². The van der Waals surface area contributed by atoms with Gasteiger partial charge in [0.2, 0.25) is 0 Å². The van der Waals surface area contributed by atoms with E-state index in [4.69, 9.17) is 9.47 Å². The van der Waals surface area contributed by atoms with Gasteiger partial charge in [-0.05, 0) is 19.8 Å². The van der Waals surface area contributed by atoms with Crippen molar-refractivity contribution in [2.24, 2.45) is 0 Å². The third-order valence-electron chi connectivity index (χ3n) is 2.88. The maximum atomic E-state index is 11.1. The average molecular weight is 242 g/mol. The van der Waals surface area contributed by atoms with Crippen LogP contribution in [0.2, 0.25) is 0 Å². The average Bonchev–Trinajstić information content (AvgIpc) is 2.29. The van der Waals surface area contributed by atoms with Crippen LogP contribution in [0.15, 0.2) is 12.2 Å². The van der Waals surface area contributed by atoms with Crippen LogP contribution in [-0.2, 0) is 14.3 Å². The lowest BCUT2D eigenvalue weighted by Gasteiger charge is -2.31. The van der Waals surface area contributed by atoms with Crippen LogP contribution in [0.25, 0.3) is 0 Å². The van der Waals surface area contributed by atoms with Gasteiger partial charge in [-0.3, -0.25) is 0 Å². The van der Waals surface area contributed by atoms with E-state index in [1.54, 1.807) is 6.92 Å². The molecule has 1 rings (SSSR count).